The average molecular weight is 253 g/mol. The summed E-state index contributed by atoms with van der Waals surface area (Å²) >= 11 is 2.02. The van der Waals surface area contributed by atoms with Gasteiger partial charge in [-0.2, -0.15) is 11.8 Å². The minimum absolute atomic E-state index is 0.517. The van der Waals surface area contributed by atoms with Crippen molar-refractivity contribution in [1.82, 2.24) is 5.32 Å². The minimum Gasteiger partial charge on any atom is -0.496 e. The van der Waals surface area contributed by atoms with Crippen LogP contribution in [-0.2, 0) is 6.42 Å². The molecule has 0 radical (unpaired) electrons. The molecule has 0 heterocycles. The first-order chi connectivity index (χ1) is 8.31. The summed E-state index contributed by atoms with van der Waals surface area (Å²) in [7, 11) is 3.77. The van der Waals surface area contributed by atoms with E-state index in [0.29, 0.717) is 6.04 Å². The molecule has 1 aromatic rings. The van der Waals surface area contributed by atoms with Crippen LogP contribution in [0.5, 0.6) is 5.75 Å². The van der Waals surface area contributed by atoms with Crippen molar-refractivity contribution < 1.29 is 4.74 Å². The number of likely N-dealkylation sites (N-methyl/N-ethyl adjacent to an activating group) is 1. The van der Waals surface area contributed by atoms with Crippen LogP contribution >= 0.6 is 11.8 Å². The third kappa shape index (κ3) is 5.00. The number of thioether (sulfide) groups is 1. The van der Waals surface area contributed by atoms with Crippen molar-refractivity contribution in [3.63, 3.8) is 0 Å². The monoisotopic (exact) mass is 253 g/mol. The molecule has 1 N–H and O–H groups in total. The zero-order valence-corrected chi connectivity index (χ0v) is 11.8. The summed E-state index contributed by atoms with van der Waals surface area (Å²) in [4.78, 5) is 0. The number of rotatable bonds is 8. The quantitative estimate of drug-likeness (QED) is 0.720. The first-order valence-corrected chi connectivity index (χ1v) is 7.34. The van der Waals surface area contributed by atoms with Gasteiger partial charge in [-0.25, -0.2) is 0 Å². The third-order valence-electron chi connectivity index (χ3n) is 2.73. The van der Waals surface area contributed by atoms with Crippen molar-refractivity contribution in [3.8, 4) is 5.75 Å². The Bertz CT molecular complexity index is 317. The number of nitrogens with one attached hydrogen (secondary N) is 1. The fourth-order valence-corrected chi connectivity index (χ4v) is 2.78. The summed E-state index contributed by atoms with van der Waals surface area (Å²) in [6, 6.07) is 8.78. The van der Waals surface area contributed by atoms with Gasteiger partial charge in [-0.15, -0.1) is 0 Å². The SMILES string of the molecule is CCCSCC(Cc1ccccc1OC)NC. The number of para-hydroxylation sites is 1. The molecule has 17 heavy (non-hydrogen) atoms. The average Bonchev–Trinajstić information content (AvgIpc) is 2.38. The fourth-order valence-electron chi connectivity index (χ4n) is 1.75. The molecule has 1 rings (SSSR count). The van der Waals surface area contributed by atoms with Gasteiger partial charge in [0, 0.05) is 11.8 Å². The second-order valence-electron chi connectivity index (χ2n) is 4.08. The van der Waals surface area contributed by atoms with E-state index < -0.39 is 0 Å². The molecule has 2 nitrogen and oxygen atoms in total. The van der Waals surface area contributed by atoms with Crippen LogP contribution in [0.25, 0.3) is 0 Å². The number of ether oxygens (including phenoxy) is 1. The Hall–Kier alpha value is -0.670. The summed E-state index contributed by atoms with van der Waals surface area (Å²) in [6.45, 7) is 2.22. The van der Waals surface area contributed by atoms with Crippen molar-refractivity contribution in [3.05, 3.63) is 29.8 Å². The molecular weight excluding hydrogens is 230 g/mol. The maximum Gasteiger partial charge on any atom is 0.122 e. The topological polar surface area (TPSA) is 21.3 Å². The molecule has 1 atom stereocenters. The first kappa shape index (κ1) is 14.4. The molecule has 96 valence electrons. The zero-order valence-electron chi connectivity index (χ0n) is 11.0. The van der Waals surface area contributed by atoms with Crippen LogP contribution in [0, 0.1) is 0 Å². The van der Waals surface area contributed by atoms with Crippen molar-refractivity contribution in [1.29, 1.82) is 0 Å². The van der Waals surface area contributed by atoms with Gasteiger partial charge in [0.25, 0.3) is 0 Å². The molecule has 1 aromatic carbocycles. The van der Waals surface area contributed by atoms with Crippen LogP contribution in [0.15, 0.2) is 24.3 Å². The molecule has 0 saturated carbocycles. The van der Waals surface area contributed by atoms with Gasteiger partial charge < -0.3 is 10.1 Å². The van der Waals surface area contributed by atoms with E-state index in [-0.39, 0.29) is 0 Å². The Morgan fingerprint density at radius 2 is 2.12 bits per heavy atom. The lowest BCUT2D eigenvalue weighted by atomic mass is 10.1. The van der Waals surface area contributed by atoms with E-state index in [2.05, 4.69) is 24.4 Å². The van der Waals surface area contributed by atoms with Gasteiger partial charge in [0.2, 0.25) is 0 Å². The fraction of sp³-hybridized carbons (Fsp3) is 0.571. The van der Waals surface area contributed by atoms with Crippen molar-refractivity contribution in [2.24, 2.45) is 0 Å². The predicted octanol–water partition coefficient (Wildman–Crippen LogP) is 2.97. The first-order valence-electron chi connectivity index (χ1n) is 6.18. The lowest BCUT2D eigenvalue weighted by Gasteiger charge is -2.17. The minimum atomic E-state index is 0.517. The van der Waals surface area contributed by atoms with Crippen molar-refractivity contribution >= 4 is 11.8 Å². The maximum atomic E-state index is 5.38. The summed E-state index contributed by atoms with van der Waals surface area (Å²) in [5.74, 6) is 3.39. The summed E-state index contributed by atoms with van der Waals surface area (Å²) in [5.41, 5.74) is 1.28. The Morgan fingerprint density at radius 1 is 1.35 bits per heavy atom. The van der Waals surface area contributed by atoms with Crippen LogP contribution in [0.4, 0.5) is 0 Å². The summed E-state index contributed by atoms with van der Waals surface area (Å²) in [5, 5.41) is 3.38. The van der Waals surface area contributed by atoms with E-state index in [9.17, 15) is 0 Å². The second kappa shape index (κ2) is 8.43. The second-order valence-corrected chi connectivity index (χ2v) is 5.23. The van der Waals surface area contributed by atoms with E-state index >= 15 is 0 Å². The van der Waals surface area contributed by atoms with E-state index in [1.807, 2.05) is 30.9 Å². The van der Waals surface area contributed by atoms with Crippen LogP contribution < -0.4 is 10.1 Å². The zero-order chi connectivity index (χ0) is 12.5. The normalized spacial score (nSPS) is 12.4. The molecule has 0 saturated heterocycles. The van der Waals surface area contributed by atoms with Crippen LogP contribution in [0.2, 0.25) is 0 Å². The Balaban J connectivity index is 2.54. The van der Waals surface area contributed by atoms with Gasteiger partial charge in [-0.3, -0.25) is 0 Å². The van der Waals surface area contributed by atoms with Crippen molar-refractivity contribution in [2.75, 3.05) is 25.7 Å². The highest BCUT2D eigenvalue weighted by molar-refractivity contribution is 7.99. The smallest absolute Gasteiger partial charge is 0.122 e. The number of hydrogen-bond donors (Lipinski definition) is 1. The van der Waals surface area contributed by atoms with Crippen LogP contribution in [0.3, 0.4) is 0 Å². The molecule has 0 amide bonds. The molecule has 3 heteroatoms. The third-order valence-corrected chi connectivity index (χ3v) is 4.07. The molecule has 0 aromatic heterocycles. The van der Waals surface area contributed by atoms with Crippen molar-refractivity contribution in [2.45, 2.75) is 25.8 Å². The highest BCUT2D eigenvalue weighted by Crippen LogP contribution is 2.20. The lowest BCUT2D eigenvalue weighted by molar-refractivity contribution is 0.407. The molecule has 0 aliphatic heterocycles. The highest BCUT2D eigenvalue weighted by Gasteiger charge is 2.10. The van der Waals surface area contributed by atoms with E-state index in [0.717, 1.165) is 17.9 Å². The Kier molecular flexibility index (Phi) is 7.13. The van der Waals surface area contributed by atoms with Gasteiger partial charge in [-0.1, -0.05) is 25.1 Å². The van der Waals surface area contributed by atoms with E-state index in [1.165, 1.54) is 17.7 Å². The number of benzene rings is 1. The Morgan fingerprint density at radius 3 is 2.76 bits per heavy atom. The van der Waals surface area contributed by atoms with Gasteiger partial charge in [0.15, 0.2) is 0 Å². The number of methoxy groups -OCH3 is 1. The van der Waals surface area contributed by atoms with E-state index in [4.69, 9.17) is 4.74 Å². The van der Waals surface area contributed by atoms with Gasteiger partial charge >= 0.3 is 0 Å². The Labute approximate surface area is 109 Å². The van der Waals surface area contributed by atoms with Crippen LogP contribution in [-0.4, -0.2) is 31.7 Å². The van der Waals surface area contributed by atoms with Gasteiger partial charge in [0.1, 0.15) is 5.75 Å². The molecule has 0 aliphatic carbocycles. The van der Waals surface area contributed by atoms with Crippen LogP contribution in [0.1, 0.15) is 18.9 Å². The molecular formula is C14H23NOS. The predicted molar refractivity (Wildman–Crippen MR) is 77.2 cm³/mol. The number of hydrogen-bond acceptors (Lipinski definition) is 3. The van der Waals surface area contributed by atoms with Gasteiger partial charge in [-0.05, 0) is 37.3 Å². The molecule has 0 fully saturated rings. The highest BCUT2D eigenvalue weighted by atomic mass is 32.2. The largest absolute Gasteiger partial charge is 0.496 e. The molecule has 1 unspecified atom stereocenters. The lowest BCUT2D eigenvalue weighted by Crippen LogP contribution is -2.30. The molecule has 0 spiro atoms. The van der Waals surface area contributed by atoms with E-state index in [1.54, 1.807) is 7.11 Å². The molecule has 0 aliphatic rings. The summed E-state index contributed by atoms with van der Waals surface area (Å²) < 4.78 is 5.38. The maximum absolute atomic E-state index is 5.38. The standard InChI is InChI=1S/C14H23NOS/c1-4-9-17-11-13(15-2)10-12-7-5-6-8-14(12)16-3/h5-8,13,15H,4,9-11H2,1-3H3. The molecule has 0 bridgehead atoms. The summed E-state index contributed by atoms with van der Waals surface area (Å²) in [6.07, 6.45) is 2.27. The van der Waals surface area contributed by atoms with Gasteiger partial charge in [0.05, 0.1) is 7.11 Å².